The van der Waals surface area contributed by atoms with Crippen molar-refractivity contribution >= 4 is 11.2 Å². The van der Waals surface area contributed by atoms with Crippen LogP contribution in [0.2, 0.25) is 0 Å². The van der Waals surface area contributed by atoms with E-state index in [0.717, 1.165) is 25.0 Å². The molecule has 5 rings (SSSR count). The SMILES string of the molecule is O=c1n(CC2CCCO2)c2cccnc2n1-c1ccc2c(c1)OCO2. The standard InChI is InChI=1S/C18H17N3O4/c22-18-20(10-13-3-2-8-23-13)14-4-1-7-19-17(14)21(18)12-5-6-15-16(9-12)25-11-24-15/h1,4-7,9,13H,2-3,8,10-11H2. The van der Waals surface area contributed by atoms with Gasteiger partial charge in [0.15, 0.2) is 17.1 Å². The molecule has 25 heavy (non-hydrogen) atoms. The van der Waals surface area contributed by atoms with E-state index in [1.165, 1.54) is 0 Å². The Kier molecular flexibility index (Phi) is 3.27. The summed E-state index contributed by atoms with van der Waals surface area (Å²) in [6.07, 6.45) is 3.79. The molecular weight excluding hydrogens is 322 g/mol. The van der Waals surface area contributed by atoms with Crippen molar-refractivity contribution in [1.82, 2.24) is 14.1 Å². The summed E-state index contributed by atoms with van der Waals surface area (Å²) >= 11 is 0. The van der Waals surface area contributed by atoms with Gasteiger partial charge in [-0.05, 0) is 37.1 Å². The Morgan fingerprint density at radius 3 is 3.00 bits per heavy atom. The zero-order chi connectivity index (χ0) is 16.8. The van der Waals surface area contributed by atoms with Crippen LogP contribution < -0.4 is 15.2 Å². The van der Waals surface area contributed by atoms with Crippen LogP contribution in [0.4, 0.5) is 0 Å². The molecule has 2 aromatic heterocycles. The van der Waals surface area contributed by atoms with E-state index in [0.29, 0.717) is 29.4 Å². The number of rotatable bonds is 3. The fourth-order valence-corrected chi connectivity index (χ4v) is 3.51. The Morgan fingerprint density at radius 1 is 1.20 bits per heavy atom. The molecule has 0 bridgehead atoms. The second-order valence-electron chi connectivity index (χ2n) is 6.25. The van der Waals surface area contributed by atoms with Gasteiger partial charge in [-0.15, -0.1) is 0 Å². The van der Waals surface area contributed by atoms with E-state index in [2.05, 4.69) is 4.98 Å². The maximum Gasteiger partial charge on any atom is 0.335 e. The molecule has 1 unspecified atom stereocenters. The van der Waals surface area contributed by atoms with Gasteiger partial charge < -0.3 is 14.2 Å². The highest BCUT2D eigenvalue weighted by molar-refractivity contribution is 5.74. The first-order valence-electron chi connectivity index (χ1n) is 8.39. The van der Waals surface area contributed by atoms with E-state index in [-0.39, 0.29) is 18.6 Å². The number of imidazole rings is 1. The van der Waals surface area contributed by atoms with Gasteiger partial charge >= 0.3 is 5.69 Å². The third-order valence-electron chi connectivity index (χ3n) is 4.72. The average Bonchev–Trinajstić information content (AvgIpc) is 3.35. The topological polar surface area (TPSA) is 67.5 Å². The molecule has 0 radical (unpaired) electrons. The van der Waals surface area contributed by atoms with Crippen LogP contribution in [0.25, 0.3) is 16.9 Å². The van der Waals surface area contributed by atoms with Gasteiger partial charge in [-0.25, -0.2) is 14.3 Å². The second kappa shape index (κ2) is 5.63. The van der Waals surface area contributed by atoms with Crippen molar-refractivity contribution in [3.05, 3.63) is 47.0 Å². The van der Waals surface area contributed by atoms with Gasteiger partial charge in [0.25, 0.3) is 0 Å². The minimum absolute atomic E-state index is 0.0775. The van der Waals surface area contributed by atoms with E-state index in [1.807, 2.05) is 30.3 Å². The number of aromatic nitrogens is 3. The largest absolute Gasteiger partial charge is 0.454 e. The Hall–Kier alpha value is -2.80. The van der Waals surface area contributed by atoms with Crippen LogP contribution in [0.15, 0.2) is 41.3 Å². The number of ether oxygens (including phenoxy) is 3. The van der Waals surface area contributed by atoms with Crippen molar-refractivity contribution in [2.45, 2.75) is 25.5 Å². The molecule has 4 heterocycles. The number of nitrogens with zero attached hydrogens (tertiary/aromatic N) is 3. The third kappa shape index (κ3) is 2.31. The van der Waals surface area contributed by atoms with Crippen LogP contribution in [-0.4, -0.2) is 33.6 Å². The van der Waals surface area contributed by atoms with Crippen molar-refractivity contribution in [2.24, 2.45) is 0 Å². The Balaban J connectivity index is 1.67. The molecule has 2 aliphatic heterocycles. The van der Waals surface area contributed by atoms with Gasteiger partial charge in [0, 0.05) is 18.9 Å². The number of fused-ring (bicyclic) bond motifs is 2. The lowest BCUT2D eigenvalue weighted by molar-refractivity contribution is 0.0971. The van der Waals surface area contributed by atoms with Gasteiger partial charge in [0.1, 0.15) is 0 Å². The van der Waals surface area contributed by atoms with E-state index < -0.39 is 0 Å². The van der Waals surface area contributed by atoms with Crippen LogP contribution in [-0.2, 0) is 11.3 Å². The van der Waals surface area contributed by atoms with Crippen molar-refractivity contribution in [2.75, 3.05) is 13.4 Å². The van der Waals surface area contributed by atoms with Gasteiger partial charge in [-0.3, -0.25) is 4.57 Å². The number of hydrogen-bond acceptors (Lipinski definition) is 5. The molecule has 0 aliphatic carbocycles. The summed E-state index contributed by atoms with van der Waals surface area (Å²) in [4.78, 5) is 17.6. The maximum absolute atomic E-state index is 13.1. The summed E-state index contributed by atoms with van der Waals surface area (Å²) in [5.74, 6) is 1.33. The van der Waals surface area contributed by atoms with Crippen LogP contribution in [0.1, 0.15) is 12.8 Å². The predicted molar refractivity (Wildman–Crippen MR) is 90.4 cm³/mol. The quantitative estimate of drug-likeness (QED) is 0.731. The number of hydrogen-bond donors (Lipinski definition) is 0. The van der Waals surface area contributed by atoms with Crippen LogP contribution in [0.5, 0.6) is 11.5 Å². The predicted octanol–water partition coefficient (Wildman–Crippen LogP) is 2.09. The van der Waals surface area contributed by atoms with Crippen LogP contribution >= 0.6 is 0 Å². The summed E-state index contributed by atoms with van der Waals surface area (Å²) < 4.78 is 19.9. The molecule has 1 atom stereocenters. The summed E-state index contributed by atoms with van der Waals surface area (Å²) in [5.41, 5.74) is 2.03. The first kappa shape index (κ1) is 14.5. The lowest BCUT2D eigenvalue weighted by atomic mass is 10.2. The molecule has 2 aliphatic rings. The summed E-state index contributed by atoms with van der Waals surface area (Å²) in [5, 5.41) is 0. The van der Waals surface area contributed by atoms with Crippen LogP contribution in [0.3, 0.4) is 0 Å². The van der Waals surface area contributed by atoms with Crippen molar-refractivity contribution in [3.8, 4) is 17.2 Å². The van der Waals surface area contributed by atoms with E-state index >= 15 is 0 Å². The molecule has 128 valence electrons. The third-order valence-corrected chi connectivity index (χ3v) is 4.72. The highest BCUT2D eigenvalue weighted by atomic mass is 16.7. The molecule has 7 nitrogen and oxygen atoms in total. The highest BCUT2D eigenvalue weighted by Crippen LogP contribution is 2.34. The second-order valence-corrected chi connectivity index (χ2v) is 6.25. The smallest absolute Gasteiger partial charge is 0.335 e. The van der Waals surface area contributed by atoms with Crippen molar-refractivity contribution < 1.29 is 14.2 Å². The molecule has 0 amide bonds. The Labute approximate surface area is 143 Å². The van der Waals surface area contributed by atoms with Gasteiger partial charge in [0.2, 0.25) is 6.79 Å². The lowest BCUT2D eigenvalue weighted by Gasteiger charge is -2.09. The van der Waals surface area contributed by atoms with E-state index in [4.69, 9.17) is 14.2 Å². The number of pyridine rings is 1. The molecule has 7 heteroatoms. The van der Waals surface area contributed by atoms with Crippen LogP contribution in [0, 0.1) is 0 Å². The highest BCUT2D eigenvalue weighted by Gasteiger charge is 2.22. The summed E-state index contributed by atoms with van der Waals surface area (Å²) in [6.45, 7) is 1.50. The normalized spacial score (nSPS) is 19.0. The molecule has 0 N–H and O–H groups in total. The molecule has 1 fully saturated rings. The lowest BCUT2D eigenvalue weighted by Crippen LogP contribution is -2.27. The van der Waals surface area contributed by atoms with Crippen molar-refractivity contribution in [3.63, 3.8) is 0 Å². The molecule has 0 spiro atoms. The number of benzene rings is 1. The average molecular weight is 339 g/mol. The molecule has 1 aromatic carbocycles. The zero-order valence-corrected chi connectivity index (χ0v) is 13.6. The van der Waals surface area contributed by atoms with Gasteiger partial charge in [-0.2, -0.15) is 0 Å². The first-order valence-corrected chi connectivity index (χ1v) is 8.39. The molecule has 1 saturated heterocycles. The van der Waals surface area contributed by atoms with E-state index in [9.17, 15) is 4.79 Å². The molecule has 3 aromatic rings. The molecular formula is C18H17N3O4. The minimum Gasteiger partial charge on any atom is -0.454 e. The van der Waals surface area contributed by atoms with E-state index in [1.54, 1.807) is 15.3 Å². The van der Waals surface area contributed by atoms with Gasteiger partial charge in [-0.1, -0.05) is 0 Å². The fourth-order valence-electron chi connectivity index (χ4n) is 3.51. The maximum atomic E-state index is 13.1. The summed E-state index contributed by atoms with van der Waals surface area (Å²) in [7, 11) is 0. The van der Waals surface area contributed by atoms with Crippen molar-refractivity contribution in [1.29, 1.82) is 0 Å². The first-order chi connectivity index (χ1) is 12.3. The summed E-state index contributed by atoms with van der Waals surface area (Å²) in [6, 6.07) is 9.24. The zero-order valence-electron chi connectivity index (χ0n) is 13.6. The fraction of sp³-hybridized carbons (Fsp3) is 0.333. The molecule has 0 saturated carbocycles. The monoisotopic (exact) mass is 339 g/mol. The van der Waals surface area contributed by atoms with Gasteiger partial charge in [0.05, 0.1) is 23.9 Å². The Morgan fingerprint density at radius 2 is 2.12 bits per heavy atom. The Bertz CT molecular complexity index is 1000. The minimum atomic E-state index is -0.122.